The molecule has 0 spiro atoms. The van der Waals surface area contributed by atoms with Gasteiger partial charge in [-0.15, -0.1) is 0 Å². The predicted molar refractivity (Wildman–Crippen MR) is 105 cm³/mol. The van der Waals surface area contributed by atoms with Gasteiger partial charge in [-0.05, 0) is 19.9 Å². The summed E-state index contributed by atoms with van der Waals surface area (Å²) in [6, 6.07) is 1.60. The van der Waals surface area contributed by atoms with Crippen molar-refractivity contribution in [2.45, 2.75) is 26.3 Å². The maximum atomic E-state index is 11.3. The molecule has 1 aromatic carbocycles. The standard InChI is InChI=1S/C16H19N8O5/c1-6-12-9(2)17-15(22(12)5)16(3,4)20-21-18-14-11(19-25)7-10(23(26)27)8-13(14)24(28)29/h6-8H,1H2,2-5H3,(H2-,18,19,20,21,25)/q-1/p+1. The number of hydrogen-bond donors (Lipinski definition) is 3. The van der Waals surface area contributed by atoms with E-state index in [1.807, 2.05) is 18.5 Å². The Kier molecular flexibility index (Phi) is 5.92. The third-order valence-corrected chi connectivity index (χ3v) is 4.24. The van der Waals surface area contributed by atoms with Gasteiger partial charge in [0.15, 0.2) is 16.9 Å². The maximum absolute atomic E-state index is 11.3. The molecule has 0 aliphatic heterocycles. The number of imidazole rings is 1. The van der Waals surface area contributed by atoms with Crippen molar-refractivity contribution >= 4 is 28.8 Å². The van der Waals surface area contributed by atoms with Gasteiger partial charge in [0.05, 0.1) is 28.6 Å². The molecule has 0 amide bonds. The summed E-state index contributed by atoms with van der Waals surface area (Å²) in [5.74, 6) is 0.691. The summed E-state index contributed by atoms with van der Waals surface area (Å²) in [5, 5.41) is 41.3. The SMILES string of the molecule is C=Cc1c(C)[nH]c(C(C)(C)N=NNc2c(N[O-])cc([N+](=O)[O-])cc2[N+](=O)[O-])[n+]1C. The first-order valence-electron chi connectivity index (χ1n) is 8.27. The van der Waals surface area contributed by atoms with E-state index in [2.05, 4.69) is 27.3 Å². The number of nitro groups is 2. The molecular formula is C16H20N8O5. The molecule has 1 aromatic heterocycles. The number of hydrogen-bond acceptors (Lipinski definition) is 8. The lowest BCUT2D eigenvalue weighted by atomic mass is 10.1. The first kappa shape index (κ1) is 21.4. The van der Waals surface area contributed by atoms with E-state index in [9.17, 15) is 25.4 Å². The minimum absolute atomic E-state index is 0.339. The third kappa shape index (κ3) is 4.19. The van der Waals surface area contributed by atoms with Crippen molar-refractivity contribution in [3.63, 3.8) is 0 Å². The van der Waals surface area contributed by atoms with Crippen LogP contribution in [0.15, 0.2) is 29.0 Å². The number of benzene rings is 1. The van der Waals surface area contributed by atoms with E-state index >= 15 is 0 Å². The number of nitrogens with zero attached hydrogens (tertiary/aromatic N) is 5. The molecule has 0 aliphatic rings. The second-order valence-electron chi connectivity index (χ2n) is 6.62. The summed E-state index contributed by atoms with van der Waals surface area (Å²) in [6.07, 6.45) is 1.69. The Morgan fingerprint density at radius 1 is 1.28 bits per heavy atom. The average Bonchev–Trinajstić information content (AvgIpc) is 2.95. The van der Waals surface area contributed by atoms with Gasteiger partial charge < -0.3 is 10.7 Å². The van der Waals surface area contributed by atoms with Crippen molar-refractivity contribution in [2.24, 2.45) is 17.4 Å². The molecular weight excluding hydrogens is 384 g/mol. The van der Waals surface area contributed by atoms with Crippen LogP contribution in [0.2, 0.25) is 0 Å². The summed E-state index contributed by atoms with van der Waals surface area (Å²) < 4.78 is 1.85. The number of aromatic nitrogens is 2. The lowest BCUT2D eigenvalue weighted by Gasteiger charge is -2.15. The van der Waals surface area contributed by atoms with Gasteiger partial charge in [-0.1, -0.05) is 11.8 Å². The zero-order chi connectivity index (χ0) is 21.9. The fourth-order valence-corrected chi connectivity index (χ4v) is 2.86. The Morgan fingerprint density at radius 2 is 1.93 bits per heavy atom. The Hall–Kier alpha value is -3.87. The largest absolute Gasteiger partial charge is 0.761 e. The smallest absolute Gasteiger partial charge is 0.303 e. The molecule has 13 heteroatoms. The van der Waals surface area contributed by atoms with E-state index < -0.39 is 32.4 Å². The van der Waals surface area contributed by atoms with Gasteiger partial charge in [0.1, 0.15) is 5.69 Å². The molecule has 0 fully saturated rings. The average molecular weight is 404 g/mol. The van der Waals surface area contributed by atoms with Crippen LogP contribution in [0.4, 0.5) is 22.7 Å². The van der Waals surface area contributed by atoms with Gasteiger partial charge in [-0.2, -0.15) is 5.11 Å². The zero-order valence-corrected chi connectivity index (χ0v) is 16.2. The van der Waals surface area contributed by atoms with Gasteiger partial charge in [0.2, 0.25) is 0 Å². The molecule has 154 valence electrons. The van der Waals surface area contributed by atoms with Crippen molar-refractivity contribution in [1.82, 2.24) is 4.98 Å². The van der Waals surface area contributed by atoms with E-state index in [-0.39, 0.29) is 5.69 Å². The summed E-state index contributed by atoms with van der Waals surface area (Å²) in [6.45, 7) is 9.15. The first-order chi connectivity index (χ1) is 13.5. The van der Waals surface area contributed by atoms with Crippen molar-refractivity contribution in [2.75, 3.05) is 10.9 Å². The molecule has 2 rings (SSSR count). The van der Waals surface area contributed by atoms with Crippen molar-refractivity contribution < 1.29 is 14.4 Å². The summed E-state index contributed by atoms with van der Waals surface area (Å²) in [4.78, 5) is 23.7. The van der Waals surface area contributed by atoms with Crippen molar-refractivity contribution in [3.8, 4) is 0 Å². The van der Waals surface area contributed by atoms with E-state index in [1.165, 1.54) is 5.48 Å². The lowest BCUT2D eigenvalue weighted by Crippen LogP contribution is -2.40. The number of H-pyrrole nitrogens is 1. The Balaban J connectivity index is 2.42. The molecule has 0 radical (unpaired) electrons. The number of rotatable bonds is 8. The van der Waals surface area contributed by atoms with Crippen LogP contribution >= 0.6 is 0 Å². The number of aryl methyl sites for hydroxylation is 1. The van der Waals surface area contributed by atoms with E-state index in [4.69, 9.17) is 0 Å². The first-order valence-corrected chi connectivity index (χ1v) is 8.27. The van der Waals surface area contributed by atoms with Gasteiger partial charge in [0.25, 0.3) is 11.5 Å². The van der Waals surface area contributed by atoms with Crippen LogP contribution in [0.3, 0.4) is 0 Å². The van der Waals surface area contributed by atoms with Crippen LogP contribution in [0, 0.1) is 32.4 Å². The second kappa shape index (κ2) is 8.02. The van der Waals surface area contributed by atoms with Gasteiger partial charge in [0, 0.05) is 13.0 Å². The fourth-order valence-electron chi connectivity index (χ4n) is 2.86. The highest BCUT2D eigenvalue weighted by atomic mass is 16.6. The monoisotopic (exact) mass is 404 g/mol. The molecule has 0 aliphatic carbocycles. The molecule has 0 unspecified atom stereocenters. The molecule has 1 heterocycles. The quantitative estimate of drug-likeness (QED) is 0.261. The summed E-state index contributed by atoms with van der Waals surface area (Å²) in [5.41, 5.74) is 2.61. The predicted octanol–water partition coefficient (Wildman–Crippen LogP) is 3.23. The number of aromatic amines is 1. The van der Waals surface area contributed by atoms with E-state index in [1.54, 1.807) is 19.9 Å². The molecule has 3 N–H and O–H groups in total. The normalized spacial score (nSPS) is 11.5. The van der Waals surface area contributed by atoms with Gasteiger partial charge in [-0.3, -0.25) is 25.7 Å². The summed E-state index contributed by atoms with van der Waals surface area (Å²) in [7, 11) is 1.82. The number of nitro benzene ring substituents is 2. The van der Waals surface area contributed by atoms with Crippen LogP contribution in [0.1, 0.15) is 31.1 Å². The second-order valence-corrected chi connectivity index (χ2v) is 6.62. The van der Waals surface area contributed by atoms with Crippen molar-refractivity contribution in [3.05, 3.63) is 61.4 Å². The fraction of sp³-hybridized carbons (Fsp3) is 0.312. The molecule has 0 saturated carbocycles. The van der Waals surface area contributed by atoms with Crippen LogP contribution in [0.25, 0.3) is 6.08 Å². The molecule has 29 heavy (non-hydrogen) atoms. The topological polar surface area (TPSA) is 178 Å². The van der Waals surface area contributed by atoms with Crippen LogP contribution in [-0.4, -0.2) is 14.8 Å². The third-order valence-electron chi connectivity index (χ3n) is 4.24. The van der Waals surface area contributed by atoms with Crippen molar-refractivity contribution in [1.29, 1.82) is 0 Å². The molecule has 13 nitrogen and oxygen atoms in total. The molecule has 0 bridgehead atoms. The highest BCUT2D eigenvalue weighted by Crippen LogP contribution is 2.37. The Morgan fingerprint density at radius 3 is 2.41 bits per heavy atom. The maximum Gasteiger partial charge on any atom is 0.303 e. The highest BCUT2D eigenvalue weighted by molar-refractivity contribution is 5.81. The number of nitrogens with one attached hydrogen (secondary N) is 3. The lowest BCUT2D eigenvalue weighted by molar-refractivity contribution is -0.683. The Labute approximate surface area is 165 Å². The minimum atomic E-state index is -0.881. The van der Waals surface area contributed by atoms with Crippen LogP contribution in [0.5, 0.6) is 0 Å². The van der Waals surface area contributed by atoms with Gasteiger partial charge >= 0.3 is 5.69 Å². The number of anilines is 2. The molecule has 0 atom stereocenters. The van der Waals surface area contributed by atoms with Gasteiger partial charge in [-0.25, -0.2) is 9.55 Å². The summed E-state index contributed by atoms with van der Waals surface area (Å²) >= 11 is 0. The number of non-ortho nitro benzene ring substituents is 1. The molecule has 2 aromatic rings. The molecule has 0 saturated heterocycles. The Bertz CT molecular complexity index is 1010. The zero-order valence-electron chi connectivity index (χ0n) is 16.2. The highest BCUT2D eigenvalue weighted by Gasteiger charge is 2.34. The van der Waals surface area contributed by atoms with E-state index in [0.29, 0.717) is 5.82 Å². The van der Waals surface area contributed by atoms with E-state index in [0.717, 1.165) is 23.5 Å². The minimum Gasteiger partial charge on any atom is -0.761 e. The van der Waals surface area contributed by atoms with Crippen LogP contribution < -0.4 is 15.5 Å². The van der Waals surface area contributed by atoms with Crippen LogP contribution in [-0.2, 0) is 12.6 Å².